The number of carbonyl (C=O) groups is 1. The first-order valence-electron chi connectivity index (χ1n) is 9.57. The van der Waals surface area contributed by atoms with E-state index < -0.39 is 53.5 Å². The van der Waals surface area contributed by atoms with Crippen molar-refractivity contribution in [3.8, 4) is 5.75 Å². The third-order valence-corrected chi connectivity index (χ3v) is 6.09. The van der Waals surface area contributed by atoms with Crippen LogP contribution >= 0.6 is 0 Å². The third-order valence-electron chi connectivity index (χ3n) is 6.09. The number of anilines is 1. The average Bonchev–Trinajstić information content (AvgIpc) is 3.28. The molecule has 1 saturated carbocycles. The molecule has 10 heteroatoms. The van der Waals surface area contributed by atoms with Crippen LogP contribution in [0.4, 0.5) is 23.7 Å². The van der Waals surface area contributed by atoms with Crippen molar-refractivity contribution in [1.29, 1.82) is 0 Å². The molecule has 1 aromatic heterocycles. The molecule has 2 fully saturated rings. The van der Waals surface area contributed by atoms with Crippen molar-refractivity contribution in [2.45, 2.75) is 38.0 Å². The molecule has 1 aliphatic heterocycles. The fraction of sp³-hybridized carbons (Fsp3) is 0.500. The number of pyridine rings is 1. The predicted molar refractivity (Wildman–Crippen MR) is 104 cm³/mol. The zero-order valence-corrected chi connectivity index (χ0v) is 16.5. The minimum Gasteiger partial charge on any atom is -0.449 e. The van der Waals surface area contributed by atoms with Crippen LogP contribution in [0.15, 0.2) is 17.1 Å². The number of carboxylic acid groups (broad SMARTS) is 1. The van der Waals surface area contributed by atoms with Crippen LogP contribution in [0.2, 0.25) is 0 Å². The lowest BCUT2D eigenvalue weighted by molar-refractivity contribution is 0.143. The lowest BCUT2D eigenvalue weighted by Crippen LogP contribution is -2.45. The number of hydrogen-bond donors (Lipinski definition) is 2. The van der Waals surface area contributed by atoms with E-state index in [0.29, 0.717) is 11.1 Å². The topological polar surface area (TPSA) is 97.8 Å². The Kier molecular flexibility index (Phi) is 4.72. The molecular formula is C20H22F3N3O4. The highest BCUT2D eigenvalue weighted by Crippen LogP contribution is 2.43. The van der Waals surface area contributed by atoms with Crippen molar-refractivity contribution in [3.05, 3.63) is 33.9 Å². The highest BCUT2D eigenvalue weighted by atomic mass is 19.1. The monoisotopic (exact) mass is 425 g/mol. The van der Waals surface area contributed by atoms with Crippen molar-refractivity contribution < 1.29 is 27.8 Å². The van der Waals surface area contributed by atoms with E-state index >= 15 is 4.39 Å². The van der Waals surface area contributed by atoms with Gasteiger partial charge in [0.05, 0.1) is 35.5 Å². The number of alkyl halides is 2. The van der Waals surface area contributed by atoms with E-state index in [1.807, 2.05) is 0 Å². The van der Waals surface area contributed by atoms with Gasteiger partial charge in [0.1, 0.15) is 12.0 Å². The fourth-order valence-corrected chi connectivity index (χ4v) is 4.38. The number of hydrogen-bond acceptors (Lipinski definition) is 5. The Labute approximate surface area is 169 Å². The Morgan fingerprint density at radius 1 is 1.47 bits per heavy atom. The van der Waals surface area contributed by atoms with Crippen molar-refractivity contribution in [2.24, 2.45) is 11.7 Å². The van der Waals surface area contributed by atoms with Gasteiger partial charge in [-0.15, -0.1) is 0 Å². The van der Waals surface area contributed by atoms with Gasteiger partial charge in [-0.05, 0) is 25.5 Å². The van der Waals surface area contributed by atoms with Gasteiger partial charge in [-0.3, -0.25) is 9.18 Å². The third kappa shape index (κ3) is 3.19. The van der Waals surface area contributed by atoms with Crippen LogP contribution in [0.25, 0.3) is 10.9 Å². The summed E-state index contributed by atoms with van der Waals surface area (Å²) in [6.07, 6.45) is -1.53. The molecule has 2 unspecified atom stereocenters. The Bertz CT molecular complexity index is 1100. The minimum atomic E-state index is -1.70. The van der Waals surface area contributed by atoms with E-state index in [1.165, 1.54) is 4.57 Å². The van der Waals surface area contributed by atoms with Gasteiger partial charge in [-0.2, -0.15) is 0 Å². The molecule has 0 radical (unpaired) electrons. The first-order valence-corrected chi connectivity index (χ1v) is 9.57. The summed E-state index contributed by atoms with van der Waals surface area (Å²) < 4.78 is 48.4. The van der Waals surface area contributed by atoms with Crippen LogP contribution in [0.3, 0.4) is 0 Å². The van der Waals surface area contributed by atoms with Crippen LogP contribution < -0.4 is 20.8 Å². The Morgan fingerprint density at radius 3 is 2.67 bits per heavy atom. The number of aromatic nitrogens is 1. The molecule has 4 atom stereocenters. The van der Waals surface area contributed by atoms with Crippen molar-refractivity contribution in [1.82, 2.24) is 4.57 Å². The van der Waals surface area contributed by atoms with Gasteiger partial charge in [0.15, 0.2) is 5.75 Å². The van der Waals surface area contributed by atoms with E-state index in [-0.39, 0.29) is 30.6 Å². The second kappa shape index (κ2) is 6.90. The molecule has 0 amide bonds. The average molecular weight is 425 g/mol. The summed E-state index contributed by atoms with van der Waals surface area (Å²) in [5.74, 6) is -1.73. The molecule has 3 N–H and O–H groups in total. The number of nitrogens with two attached hydrogens (primary N) is 1. The summed E-state index contributed by atoms with van der Waals surface area (Å²) in [7, 11) is 0. The predicted octanol–water partition coefficient (Wildman–Crippen LogP) is 2.91. The zero-order chi connectivity index (χ0) is 22.0. The SMILES string of the molecule is Cc1c(N2CC(CF)C(C)(N)C2)c(F)cc2c(=O)c(OC(=O)O)cn([C@@H]3C[C@@H]3F)c12. The summed E-state index contributed by atoms with van der Waals surface area (Å²) in [6.45, 7) is 3.07. The van der Waals surface area contributed by atoms with E-state index in [0.717, 1.165) is 12.3 Å². The maximum Gasteiger partial charge on any atom is 0.511 e. The van der Waals surface area contributed by atoms with Crippen LogP contribution in [0, 0.1) is 18.7 Å². The molecule has 1 aromatic carbocycles. The van der Waals surface area contributed by atoms with Gasteiger partial charge in [-0.25, -0.2) is 13.6 Å². The Hall–Kier alpha value is -2.75. The number of rotatable bonds is 4. The van der Waals surface area contributed by atoms with Crippen LogP contribution in [0.5, 0.6) is 5.75 Å². The normalized spacial score (nSPS) is 28.2. The van der Waals surface area contributed by atoms with Crippen molar-refractivity contribution >= 4 is 22.7 Å². The molecule has 162 valence electrons. The van der Waals surface area contributed by atoms with Gasteiger partial charge in [0.25, 0.3) is 0 Å². The van der Waals surface area contributed by atoms with Gasteiger partial charge in [0, 0.05) is 31.0 Å². The number of nitrogens with zero attached hydrogens (tertiary/aromatic N) is 2. The smallest absolute Gasteiger partial charge is 0.449 e. The molecule has 2 aromatic rings. The minimum absolute atomic E-state index is 0.108. The van der Waals surface area contributed by atoms with Gasteiger partial charge in [-0.1, -0.05) is 0 Å². The van der Waals surface area contributed by atoms with E-state index in [4.69, 9.17) is 10.8 Å². The lowest BCUT2D eigenvalue weighted by atomic mass is 9.92. The van der Waals surface area contributed by atoms with E-state index in [9.17, 15) is 18.4 Å². The molecule has 1 aliphatic carbocycles. The number of benzene rings is 1. The highest BCUT2D eigenvalue weighted by Gasteiger charge is 2.43. The summed E-state index contributed by atoms with van der Waals surface area (Å²) in [4.78, 5) is 25.3. The number of fused-ring (bicyclic) bond motifs is 1. The molecule has 0 bridgehead atoms. The molecule has 1 saturated heterocycles. The lowest BCUT2D eigenvalue weighted by Gasteiger charge is -2.26. The summed E-state index contributed by atoms with van der Waals surface area (Å²) >= 11 is 0. The van der Waals surface area contributed by atoms with Gasteiger partial charge in [0.2, 0.25) is 5.43 Å². The summed E-state index contributed by atoms with van der Waals surface area (Å²) in [5.41, 5.74) is 5.36. The largest absolute Gasteiger partial charge is 0.511 e. The van der Waals surface area contributed by atoms with Crippen LogP contribution in [-0.2, 0) is 0 Å². The maximum atomic E-state index is 15.2. The van der Waals surface area contributed by atoms with Crippen molar-refractivity contribution in [2.75, 3.05) is 24.7 Å². The quantitative estimate of drug-likeness (QED) is 0.731. The molecule has 30 heavy (non-hydrogen) atoms. The summed E-state index contributed by atoms with van der Waals surface area (Å²) in [5, 5.41) is 8.78. The van der Waals surface area contributed by atoms with Crippen LogP contribution in [0.1, 0.15) is 24.9 Å². The molecule has 7 nitrogen and oxygen atoms in total. The van der Waals surface area contributed by atoms with Gasteiger partial charge < -0.3 is 25.0 Å². The second-order valence-electron chi connectivity index (χ2n) is 8.38. The Balaban J connectivity index is 1.94. The van der Waals surface area contributed by atoms with Crippen LogP contribution in [-0.4, -0.2) is 47.3 Å². The molecule has 2 aliphatic rings. The van der Waals surface area contributed by atoms with E-state index in [2.05, 4.69) is 4.74 Å². The second-order valence-corrected chi connectivity index (χ2v) is 8.38. The van der Waals surface area contributed by atoms with Crippen molar-refractivity contribution in [3.63, 3.8) is 0 Å². The zero-order valence-electron chi connectivity index (χ0n) is 16.5. The first-order chi connectivity index (χ1) is 14.0. The summed E-state index contributed by atoms with van der Waals surface area (Å²) in [6, 6.07) is 0.385. The number of aryl methyl sites for hydroxylation is 1. The Morgan fingerprint density at radius 2 is 2.13 bits per heavy atom. The fourth-order valence-electron chi connectivity index (χ4n) is 4.38. The number of halogens is 3. The highest BCUT2D eigenvalue weighted by molar-refractivity contribution is 5.89. The number of ether oxygens (including phenoxy) is 1. The molecular weight excluding hydrogens is 403 g/mol. The molecule has 0 spiro atoms. The molecule has 2 heterocycles. The van der Waals surface area contributed by atoms with Gasteiger partial charge >= 0.3 is 6.16 Å². The standard InChI is InChI=1S/C20H22F3N3O4/c1-9-16-11(3-13(23)17(9)25-6-10(5-21)20(2,24)8-25)18(27)15(30-19(28)29)7-26(16)14-4-12(14)22/h3,7,10,12,14H,4-6,8,24H2,1-2H3,(H,28,29)/t10?,12-,14+,20?/m0/s1. The molecule has 4 rings (SSSR count). The first kappa shape index (κ1) is 20.5. The maximum absolute atomic E-state index is 15.2. The van der Waals surface area contributed by atoms with E-state index in [1.54, 1.807) is 18.7 Å².